The number of hydrogen-bond donors (Lipinski definition) is 2. The van der Waals surface area contributed by atoms with Gasteiger partial charge in [-0.1, -0.05) is 6.07 Å². The van der Waals surface area contributed by atoms with Crippen molar-refractivity contribution < 1.29 is 4.79 Å². The molecule has 2 aromatic rings. The molecule has 1 amide bonds. The lowest BCUT2D eigenvalue weighted by molar-refractivity contribution is -0.121. The summed E-state index contributed by atoms with van der Waals surface area (Å²) in [6, 6.07) is 5.95. The van der Waals surface area contributed by atoms with Gasteiger partial charge >= 0.3 is 0 Å². The monoisotopic (exact) mass is 327 g/mol. The molecule has 0 aliphatic carbocycles. The van der Waals surface area contributed by atoms with E-state index in [0.717, 1.165) is 42.3 Å². The van der Waals surface area contributed by atoms with Gasteiger partial charge in [-0.3, -0.25) is 4.79 Å². The topological polar surface area (TPSA) is 71.8 Å². The Morgan fingerprint density at radius 1 is 1.42 bits per heavy atom. The summed E-state index contributed by atoms with van der Waals surface area (Å²) in [6.45, 7) is 6.63. The second-order valence-electron chi connectivity index (χ2n) is 6.54. The average molecular weight is 327 g/mol. The molecule has 1 aliphatic rings. The Morgan fingerprint density at radius 2 is 2.29 bits per heavy atom. The molecule has 2 aromatic heterocycles. The van der Waals surface area contributed by atoms with Crippen molar-refractivity contribution in [3.8, 4) is 5.82 Å². The van der Waals surface area contributed by atoms with E-state index in [1.54, 1.807) is 6.20 Å². The maximum atomic E-state index is 11.9. The maximum Gasteiger partial charge on any atom is 0.220 e. The van der Waals surface area contributed by atoms with Crippen LogP contribution in [0.5, 0.6) is 0 Å². The van der Waals surface area contributed by atoms with Gasteiger partial charge in [0.2, 0.25) is 5.91 Å². The zero-order valence-electron chi connectivity index (χ0n) is 14.4. The molecule has 0 bridgehead atoms. The molecule has 2 N–H and O–H groups in total. The molecule has 1 atom stereocenters. The molecule has 0 aromatic carbocycles. The van der Waals surface area contributed by atoms with Crippen LogP contribution in [0, 0.1) is 19.8 Å². The van der Waals surface area contributed by atoms with Crippen LogP contribution in [0.3, 0.4) is 0 Å². The molecule has 0 spiro atoms. The average Bonchev–Trinajstić information content (AvgIpc) is 3.21. The van der Waals surface area contributed by atoms with Gasteiger partial charge in [-0.2, -0.15) is 5.10 Å². The minimum Gasteiger partial charge on any atom is -0.352 e. The molecule has 6 nitrogen and oxygen atoms in total. The lowest BCUT2D eigenvalue weighted by Crippen LogP contribution is -2.23. The number of carbonyl (C=O) groups excluding carboxylic acids is 1. The van der Waals surface area contributed by atoms with E-state index in [-0.39, 0.29) is 5.91 Å². The SMILES string of the molecule is Cc1cc(C)n(-c2ccc(CNC(=O)CCC3CCNC3)cn2)n1. The van der Waals surface area contributed by atoms with Crippen molar-refractivity contribution in [3.05, 3.63) is 41.3 Å². The highest BCUT2D eigenvalue weighted by Gasteiger charge is 2.15. The molecule has 1 aliphatic heterocycles. The number of nitrogens with zero attached hydrogens (tertiary/aromatic N) is 3. The number of hydrogen-bond acceptors (Lipinski definition) is 4. The van der Waals surface area contributed by atoms with Crippen molar-refractivity contribution >= 4 is 5.91 Å². The largest absolute Gasteiger partial charge is 0.352 e. The van der Waals surface area contributed by atoms with Crippen LogP contribution in [0.4, 0.5) is 0 Å². The van der Waals surface area contributed by atoms with Crippen molar-refractivity contribution in [2.75, 3.05) is 13.1 Å². The lowest BCUT2D eigenvalue weighted by atomic mass is 10.0. The van der Waals surface area contributed by atoms with E-state index in [4.69, 9.17) is 0 Å². The van der Waals surface area contributed by atoms with E-state index in [0.29, 0.717) is 18.9 Å². The molecule has 24 heavy (non-hydrogen) atoms. The highest BCUT2D eigenvalue weighted by Crippen LogP contribution is 2.14. The maximum absolute atomic E-state index is 11.9. The minimum absolute atomic E-state index is 0.115. The third kappa shape index (κ3) is 4.20. The molecule has 1 unspecified atom stereocenters. The molecule has 6 heteroatoms. The quantitative estimate of drug-likeness (QED) is 0.850. The Labute approximate surface area is 142 Å². The van der Waals surface area contributed by atoms with Crippen molar-refractivity contribution in [2.45, 2.75) is 39.7 Å². The van der Waals surface area contributed by atoms with E-state index < -0.39 is 0 Å². The predicted octanol–water partition coefficient (Wildman–Crippen LogP) is 1.89. The van der Waals surface area contributed by atoms with Crippen LogP contribution in [0.25, 0.3) is 5.82 Å². The summed E-state index contributed by atoms with van der Waals surface area (Å²) in [5.74, 6) is 1.56. The van der Waals surface area contributed by atoms with Crippen molar-refractivity contribution in [1.29, 1.82) is 0 Å². The Hall–Kier alpha value is -2.21. The van der Waals surface area contributed by atoms with Crippen LogP contribution in [0.15, 0.2) is 24.4 Å². The number of nitrogens with one attached hydrogen (secondary N) is 2. The van der Waals surface area contributed by atoms with E-state index in [1.165, 1.54) is 6.42 Å². The number of aryl methyl sites for hydroxylation is 2. The van der Waals surface area contributed by atoms with Gasteiger partial charge in [-0.25, -0.2) is 9.67 Å². The molecular formula is C18H25N5O. The number of amides is 1. The molecule has 128 valence electrons. The Bertz CT molecular complexity index is 686. The highest BCUT2D eigenvalue weighted by molar-refractivity contribution is 5.75. The van der Waals surface area contributed by atoms with E-state index >= 15 is 0 Å². The third-order valence-corrected chi connectivity index (χ3v) is 4.47. The van der Waals surface area contributed by atoms with Gasteiger partial charge in [0.15, 0.2) is 5.82 Å². The predicted molar refractivity (Wildman–Crippen MR) is 92.9 cm³/mol. The van der Waals surface area contributed by atoms with Gasteiger partial charge in [0.25, 0.3) is 0 Å². The van der Waals surface area contributed by atoms with Gasteiger partial charge in [0.1, 0.15) is 0 Å². The highest BCUT2D eigenvalue weighted by atomic mass is 16.1. The summed E-state index contributed by atoms with van der Waals surface area (Å²) in [6.07, 6.45) is 4.55. The second-order valence-corrected chi connectivity index (χ2v) is 6.54. The lowest BCUT2D eigenvalue weighted by Gasteiger charge is -2.09. The number of rotatable bonds is 6. The Kier molecular flexibility index (Phi) is 5.25. The zero-order chi connectivity index (χ0) is 16.9. The fourth-order valence-corrected chi connectivity index (χ4v) is 3.09. The van der Waals surface area contributed by atoms with Gasteiger partial charge in [0, 0.05) is 24.9 Å². The molecule has 3 heterocycles. The minimum atomic E-state index is 0.115. The van der Waals surface area contributed by atoms with Crippen molar-refractivity contribution in [3.63, 3.8) is 0 Å². The summed E-state index contributed by atoms with van der Waals surface area (Å²) >= 11 is 0. The first-order valence-corrected chi connectivity index (χ1v) is 8.58. The van der Waals surface area contributed by atoms with Crippen LogP contribution < -0.4 is 10.6 Å². The first kappa shape index (κ1) is 16.6. The summed E-state index contributed by atoms with van der Waals surface area (Å²) in [5, 5.41) is 10.7. The second kappa shape index (κ2) is 7.57. The fourth-order valence-electron chi connectivity index (χ4n) is 3.09. The normalized spacial score (nSPS) is 17.2. The van der Waals surface area contributed by atoms with Crippen LogP contribution >= 0.6 is 0 Å². The van der Waals surface area contributed by atoms with Crippen LogP contribution in [0.1, 0.15) is 36.2 Å². The van der Waals surface area contributed by atoms with Crippen LogP contribution in [-0.4, -0.2) is 33.8 Å². The van der Waals surface area contributed by atoms with Gasteiger partial charge in [-0.15, -0.1) is 0 Å². The molecule has 0 radical (unpaired) electrons. The van der Waals surface area contributed by atoms with Gasteiger partial charge in [0.05, 0.1) is 5.69 Å². The third-order valence-electron chi connectivity index (χ3n) is 4.47. The van der Waals surface area contributed by atoms with Crippen LogP contribution in [0.2, 0.25) is 0 Å². The molecular weight excluding hydrogens is 302 g/mol. The van der Waals surface area contributed by atoms with E-state index in [9.17, 15) is 4.79 Å². The number of pyridine rings is 1. The van der Waals surface area contributed by atoms with Gasteiger partial charge in [-0.05, 0) is 63.4 Å². The summed E-state index contributed by atoms with van der Waals surface area (Å²) in [7, 11) is 0. The van der Waals surface area contributed by atoms with Gasteiger partial charge < -0.3 is 10.6 Å². The Balaban J connectivity index is 1.49. The Morgan fingerprint density at radius 3 is 2.92 bits per heavy atom. The smallest absolute Gasteiger partial charge is 0.220 e. The van der Waals surface area contributed by atoms with Crippen LogP contribution in [-0.2, 0) is 11.3 Å². The summed E-state index contributed by atoms with van der Waals surface area (Å²) in [4.78, 5) is 16.4. The van der Waals surface area contributed by atoms with E-state index in [1.807, 2.05) is 36.7 Å². The first-order valence-electron chi connectivity index (χ1n) is 8.58. The molecule has 0 saturated carbocycles. The molecule has 1 fully saturated rings. The first-order chi connectivity index (χ1) is 11.6. The number of carbonyl (C=O) groups is 1. The number of aromatic nitrogens is 3. The fraction of sp³-hybridized carbons (Fsp3) is 0.500. The zero-order valence-corrected chi connectivity index (χ0v) is 14.4. The van der Waals surface area contributed by atoms with E-state index in [2.05, 4.69) is 20.7 Å². The summed E-state index contributed by atoms with van der Waals surface area (Å²) < 4.78 is 1.83. The standard InChI is InChI=1S/C18H25N5O/c1-13-9-14(2)23(22-13)17-5-3-16(11-20-17)12-21-18(24)6-4-15-7-8-19-10-15/h3,5,9,11,15,19H,4,6-8,10,12H2,1-2H3,(H,21,24). The summed E-state index contributed by atoms with van der Waals surface area (Å²) in [5.41, 5.74) is 3.03. The molecule has 3 rings (SSSR count). The van der Waals surface area contributed by atoms with Crippen molar-refractivity contribution in [2.24, 2.45) is 5.92 Å². The van der Waals surface area contributed by atoms with Crippen molar-refractivity contribution in [1.82, 2.24) is 25.4 Å². The molecule has 1 saturated heterocycles.